The van der Waals surface area contributed by atoms with E-state index in [1.165, 1.54) is 17.9 Å². The molecule has 1 atom stereocenters. The Labute approximate surface area is 162 Å². The number of carbonyl (C=O) groups excluding carboxylic acids is 1. The van der Waals surface area contributed by atoms with Gasteiger partial charge in [0.15, 0.2) is 0 Å². The fourth-order valence-corrected chi connectivity index (χ4v) is 6.08. The highest BCUT2D eigenvalue weighted by Gasteiger charge is 2.47. The van der Waals surface area contributed by atoms with Crippen LogP contribution in [0.1, 0.15) is 26.2 Å². The molecule has 148 valence electrons. The molecule has 0 aliphatic carbocycles. The van der Waals surface area contributed by atoms with Crippen LogP contribution in [0.4, 0.5) is 4.79 Å². The van der Waals surface area contributed by atoms with Crippen LogP contribution < -0.4 is 0 Å². The van der Waals surface area contributed by atoms with Crippen molar-refractivity contribution in [1.29, 1.82) is 0 Å². The molecule has 0 N–H and O–H groups in total. The molecule has 4 saturated heterocycles. The lowest BCUT2D eigenvalue weighted by Gasteiger charge is -2.40. The summed E-state index contributed by atoms with van der Waals surface area (Å²) in [5.74, 6) is 2.59. The van der Waals surface area contributed by atoms with Crippen LogP contribution in [0.2, 0.25) is 0 Å². The maximum atomic E-state index is 12.4. The molecular formula is C19H34N4O2S. The van der Waals surface area contributed by atoms with Crippen molar-refractivity contribution in [2.45, 2.75) is 37.8 Å². The third kappa shape index (κ3) is 4.16. The molecule has 0 unspecified atom stereocenters. The quantitative estimate of drug-likeness (QED) is 0.716. The van der Waals surface area contributed by atoms with E-state index >= 15 is 0 Å². The van der Waals surface area contributed by atoms with Gasteiger partial charge in [0.1, 0.15) is 5.60 Å². The fourth-order valence-electron chi connectivity index (χ4n) is 4.82. The van der Waals surface area contributed by atoms with Crippen molar-refractivity contribution in [2.75, 3.05) is 77.0 Å². The first-order valence-corrected chi connectivity index (χ1v) is 11.6. The first-order chi connectivity index (χ1) is 12.7. The zero-order valence-corrected chi connectivity index (χ0v) is 17.0. The summed E-state index contributed by atoms with van der Waals surface area (Å²) >= 11 is 2.08. The molecule has 0 radical (unpaired) electrons. The summed E-state index contributed by atoms with van der Waals surface area (Å²) in [5, 5.41) is 0. The minimum Gasteiger partial charge on any atom is -0.441 e. The van der Waals surface area contributed by atoms with Gasteiger partial charge >= 0.3 is 6.09 Å². The molecule has 4 aliphatic rings. The predicted molar refractivity (Wildman–Crippen MR) is 106 cm³/mol. The number of nitrogens with zero attached hydrogens (tertiary/aromatic N) is 4. The van der Waals surface area contributed by atoms with Crippen LogP contribution in [0.5, 0.6) is 0 Å². The monoisotopic (exact) mass is 382 g/mol. The number of piperazine rings is 1. The van der Waals surface area contributed by atoms with Crippen LogP contribution in [-0.4, -0.2) is 114 Å². The number of likely N-dealkylation sites (N-methyl/N-ethyl adjacent to an activating group) is 1. The van der Waals surface area contributed by atoms with Gasteiger partial charge in [-0.2, -0.15) is 11.8 Å². The van der Waals surface area contributed by atoms with E-state index in [1.54, 1.807) is 0 Å². The summed E-state index contributed by atoms with van der Waals surface area (Å²) in [6, 6.07) is 0.757. The second kappa shape index (κ2) is 8.25. The summed E-state index contributed by atoms with van der Waals surface area (Å²) < 4.78 is 5.92. The van der Waals surface area contributed by atoms with Gasteiger partial charge in [0, 0.05) is 77.0 Å². The maximum absolute atomic E-state index is 12.4. The van der Waals surface area contributed by atoms with Crippen LogP contribution in [0.25, 0.3) is 0 Å². The Morgan fingerprint density at radius 1 is 1.08 bits per heavy atom. The minimum absolute atomic E-state index is 0.0814. The standard InChI is InChI=1S/C19H34N4O2S/c1-2-20-8-10-21(11-9-20)12-13-23-16-19(25-18(23)24)4-6-22(7-5-19)17-3-14-26-15-17/h17H,2-16H2,1H3/t17-/m0/s1. The average Bonchev–Trinajstić information content (AvgIpc) is 3.30. The molecule has 1 spiro atoms. The number of hydrogen-bond donors (Lipinski definition) is 0. The van der Waals surface area contributed by atoms with Gasteiger partial charge in [0.05, 0.1) is 6.54 Å². The topological polar surface area (TPSA) is 39.3 Å². The van der Waals surface area contributed by atoms with Crippen molar-refractivity contribution >= 4 is 17.9 Å². The van der Waals surface area contributed by atoms with E-state index in [2.05, 4.69) is 33.4 Å². The van der Waals surface area contributed by atoms with Gasteiger partial charge in [-0.3, -0.25) is 9.80 Å². The normalized spacial score (nSPS) is 31.0. The Hall–Kier alpha value is -0.500. The van der Waals surface area contributed by atoms with E-state index in [0.717, 1.165) is 84.3 Å². The average molecular weight is 383 g/mol. The smallest absolute Gasteiger partial charge is 0.410 e. The molecule has 7 heteroatoms. The molecule has 1 amide bonds. The van der Waals surface area contributed by atoms with Crippen molar-refractivity contribution < 1.29 is 9.53 Å². The first kappa shape index (κ1) is 18.8. The van der Waals surface area contributed by atoms with Crippen LogP contribution in [0.3, 0.4) is 0 Å². The van der Waals surface area contributed by atoms with Crippen molar-refractivity contribution in [3.8, 4) is 0 Å². The Bertz CT molecular complexity index is 484. The number of hydrogen-bond acceptors (Lipinski definition) is 6. The van der Waals surface area contributed by atoms with E-state index in [-0.39, 0.29) is 11.7 Å². The number of thioether (sulfide) groups is 1. The van der Waals surface area contributed by atoms with Crippen molar-refractivity contribution in [3.63, 3.8) is 0 Å². The van der Waals surface area contributed by atoms with E-state index in [1.807, 2.05) is 4.90 Å². The molecule has 0 aromatic heterocycles. The van der Waals surface area contributed by atoms with Gasteiger partial charge in [0.25, 0.3) is 0 Å². The summed E-state index contributed by atoms with van der Waals surface area (Å²) in [5.41, 5.74) is -0.208. The summed E-state index contributed by atoms with van der Waals surface area (Å²) in [6.45, 7) is 12.7. The van der Waals surface area contributed by atoms with Gasteiger partial charge in [-0.25, -0.2) is 4.79 Å². The van der Waals surface area contributed by atoms with Gasteiger partial charge in [-0.1, -0.05) is 6.92 Å². The number of carbonyl (C=O) groups is 1. The highest BCUT2D eigenvalue weighted by molar-refractivity contribution is 7.99. The summed E-state index contributed by atoms with van der Waals surface area (Å²) in [7, 11) is 0. The Kier molecular flexibility index (Phi) is 5.98. The molecule has 4 fully saturated rings. The zero-order chi connectivity index (χ0) is 18.0. The largest absolute Gasteiger partial charge is 0.441 e. The molecule has 26 heavy (non-hydrogen) atoms. The lowest BCUT2D eigenvalue weighted by atomic mass is 9.90. The van der Waals surface area contributed by atoms with Crippen LogP contribution in [0.15, 0.2) is 0 Å². The Morgan fingerprint density at radius 3 is 2.46 bits per heavy atom. The molecule has 4 heterocycles. The van der Waals surface area contributed by atoms with Gasteiger partial charge in [-0.15, -0.1) is 0 Å². The number of likely N-dealkylation sites (tertiary alicyclic amines) is 1. The van der Waals surface area contributed by atoms with E-state index in [9.17, 15) is 4.79 Å². The van der Waals surface area contributed by atoms with E-state index in [0.29, 0.717) is 0 Å². The predicted octanol–water partition coefficient (Wildman–Crippen LogP) is 1.42. The highest BCUT2D eigenvalue weighted by Crippen LogP contribution is 2.35. The van der Waals surface area contributed by atoms with Crippen molar-refractivity contribution in [3.05, 3.63) is 0 Å². The lowest BCUT2D eigenvalue weighted by molar-refractivity contribution is -0.00744. The third-order valence-corrected chi connectivity index (χ3v) is 7.92. The summed E-state index contributed by atoms with van der Waals surface area (Å²) in [6.07, 6.45) is 3.26. The van der Waals surface area contributed by atoms with Crippen LogP contribution in [0, 0.1) is 0 Å². The Balaban J connectivity index is 1.22. The highest BCUT2D eigenvalue weighted by atomic mass is 32.2. The molecule has 0 aromatic carbocycles. The lowest BCUT2D eigenvalue weighted by Crippen LogP contribution is -2.50. The Morgan fingerprint density at radius 2 is 1.81 bits per heavy atom. The number of piperidine rings is 1. The van der Waals surface area contributed by atoms with E-state index in [4.69, 9.17) is 4.74 Å². The molecule has 6 nitrogen and oxygen atoms in total. The van der Waals surface area contributed by atoms with Crippen molar-refractivity contribution in [2.24, 2.45) is 0 Å². The first-order valence-electron chi connectivity index (χ1n) is 10.4. The number of ether oxygens (including phenoxy) is 1. The van der Waals surface area contributed by atoms with Gasteiger partial charge in [-0.05, 0) is 18.7 Å². The molecule has 0 saturated carbocycles. The molecule has 4 rings (SSSR count). The number of rotatable bonds is 5. The maximum Gasteiger partial charge on any atom is 0.410 e. The van der Waals surface area contributed by atoms with Gasteiger partial charge in [0.2, 0.25) is 0 Å². The van der Waals surface area contributed by atoms with Gasteiger partial charge < -0.3 is 14.5 Å². The second-order valence-electron chi connectivity index (χ2n) is 8.30. The van der Waals surface area contributed by atoms with Crippen LogP contribution in [-0.2, 0) is 4.74 Å². The summed E-state index contributed by atoms with van der Waals surface area (Å²) in [4.78, 5) is 22.0. The van der Waals surface area contributed by atoms with Crippen molar-refractivity contribution in [1.82, 2.24) is 19.6 Å². The third-order valence-electron chi connectivity index (χ3n) is 6.77. The second-order valence-corrected chi connectivity index (χ2v) is 9.45. The fraction of sp³-hybridized carbons (Fsp3) is 0.947. The molecule has 0 bridgehead atoms. The number of amides is 1. The molecular weight excluding hydrogens is 348 g/mol. The zero-order valence-electron chi connectivity index (χ0n) is 16.2. The minimum atomic E-state index is -0.208. The van der Waals surface area contributed by atoms with Crippen LogP contribution >= 0.6 is 11.8 Å². The SMILES string of the molecule is CCN1CCN(CCN2CC3(CCN([C@H]4CCSC4)CC3)OC2=O)CC1. The molecule has 4 aliphatic heterocycles. The molecule has 0 aromatic rings. The van der Waals surface area contributed by atoms with E-state index < -0.39 is 0 Å².